The summed E-state index contributed by atoms with van der Waals surface area (Å²) in [5.74, 6) is -0.658. The van der Waals surface area contributed by atoms with Gasteiger partial charge in [0.2, 0.25) is 5.75 Å². The van der Waals surface area contributed by atoms with Crippen LogP contribution in [0.4, 0.5) is 10.1 Å². The SMILES string of the molecule is O=C1CCCC(Oc2c(Br)cc(F)cc2[N+](=O)[O-])C1. The first kappa shape index (κ1) is 13.9. The number of carbonyl (C=O) groups is 1. The summed E-state index contributed by atoms with van der Waals surface area (Å²) in [4.78, 5) is 21.5. The van der Waals surface area contributed by atoms with Crippen LogP contribution in [0.2, 0.25) is 0 Å². The Labute approximate surface area is 117 Å². The summed E-state index contributed by atoms with van der Waals surface area (Å²) < 4.78 is 18.9. The molecule has 0 saturated heterocycles. The van der Waals surface area contributed by atoms with Crippen molar-refractivity contribution in [2.75, 3.05) is 0 Å². The summed E-state index contributed by atoms with van der Waals surface area (Å²) in [7, 11) is 0. The lowest BCUT2D eigenvalue weighted by atomic mass is 9.96. The number of Topliss-reactive ketones (excluding diaryl/α,β-unsaturated/α-hetero) is 1. The Bertz CT molecular complexity index is 535. The first-order chi connectivity index (χ1) is 8.97. The van der Waals surface area contributed by atoms with Crippen molar-refractivity contribution in [2.45, 2.75) is 31.8 Å². The topological polar surface area (TPSA) is 69.4 Å². The maximum Gasteiger partial charge on any atom is 0.315 e. The monoisotopic (exact) mass is 331 g/mol. The molecule has 0 spiro atoms. The molecule has 7 heteroatoms. The van der Waals surface area contributed by atoms with Gasteiger partial charge in [-0.15, -0.1) is 0 Å². The molecule has 0 radical (unpaired) electrons. The van der Waals surface area contributed by atoms with Gasteiger partial charge in [-0.1, -0.05) is 0 Å². The summed E-state index contributed by atoms with van der Waals surface area (Å²) in [6.07, 6.45) is 1.73. The predicted octanol–water partition coefficient (Wildman–Crippen LogP) is 3.39. The second-order valence-corrected chi connectivity index (χ2v) is 5.22. The van der Waals surface area contributed by atoms with E-state index in [0.717, 1.165) is 12.1 Å². The lowest BCUT2D eigenvalue weighted by molar-refractivity contribution is -0.386. The minimum absolute atomic E-state index is 0.0221. The fraction of sp³-hybridized carbons (Fsp3) is 0.417. The molecule has 1 fully saturated rings. The average Bonchev–Trinajstić information content (AvgIpc) is 2.32. The second kappa shape index (κ2) is 5.64. The maximum absolute atomic E-state index is 13.2. The van der Waals surface area contributed by atoms with Gasteiger partial charge < -0.3 is 4.74 Å². The van der Waals surface area contributed by atoms with Crippen LogP contribution in [0, 0.1) is 15.9 Å². The Kier molecular flexibility index (Phi) is 4.14. The summed E-state index contributed by atoms with van der Waals surface area (Å²) in [6, 6.07) is 1.91. The van der Waals surface area contributed by atoms with E-state index in [0.29, 0.717) is 19.3 Å². The van der Waals surface area contributed by atoms with E-state index in [1.165, 1.54) is 0 Å². The molecule has 0 aromatic heterocycles. The zero-order valence-electron chi connectivity index (χ0n) is 9.90. The summed E-state index contributed by atoms with van der Waals surface area (Å²) >= 11 is 3.05. The number of benzene rings is 1. The number of nitro groups is 1. The smallest absolute Gasteiger partial charge is 0.315 e. The molecule has 1 unspecified atom stereocenters. The number of carbonyl (C=O) groups excluding carboxylic acids is 1. The van der Waals surface area contributed by atoms with Gasteiger partial charge in [0.1, 0.15) is 17.7 Å². The fourth-order valence-electron chi connectivity index (χ4n) is 2.05. The molecular weight excluding hydrogens is 321 g/mol. The first-order valence-corrected chi connectivity index (χ1v) is 6.58. The Morgan fingerprint density at radius 2 is 2.21 bits per heavy atom. The van der Waals surface area contributed by atoms with E-state index in [9.17, 15) is 19.3 Å². The van der Waals surface area contributed by atoms with E-state index in [1.807, 2.05) is 0 Å². The summed E-state index contributed by atoms with van der Waals surface area (Å²) in [6.45, 7) is 0. The van der Waals surface area contributed by atoms with Gasteiger partial charge in [-0.3, -0.25) is 14.9 Å². The lowest BCUT2D eigenvalue weighted by Crippen LogP contribution is -2.25. The first-order valence-electron chi connectivity index (χ1n) is 5.79. The number of ketones is 1. The van der Waals surface area contributed by atoms with E-state index >= 15 is 0 Å². The van der Waals surface area contributed by atoms with Gasteiger partial charge in [-0.2, -0.15) is 0 Å². The third-order valence-electron chi connectivity index (χ3n) is 2.91. The van der Waals surface area contributed by atoms with E-state index in [-0.39, 0.29) is 28.5 Å². The molecule has 1 aliphatic rings. The van der Waals surface area contributed by atoms with Crippen molar-refractivity contribution >= 4 is 27.4 Å². The Hall–Kier alpha value is -1.50. The molecule has 5 nitrogen and oxygen atoms in total. The Balaban J connectivity index is 2.28. The molecule has 0 N–H and O–H groups in total. The number of halogens is 2. The molecular formula is C12H11BrFNO4. The van der Waals surface area contributed by atoms with Crippen molar-refractivity contribution in [3.8, 4) is 5.75 Å². The van der Waals surface area contributed by atoms with Crippen LogP contribution in [-0.2, 0) is 4.79 Å². The van der Waals surface area contributed by atoms with Gasteiger partial charge in [0.15, 0.2) is 0 Å². The van der Waals surface area contributed by atoms with Crippen LogP contribution in [0.25, 0.3) is 0 Å². The van der Waals surface area contributed by atoms with Crippen LogP contribution in [0.1, 0.15) is 25.7 Å². The van der Waals surface area contributed by atoms with Gasteiger partial charge >= 0.3 is 5.69 Å². The lowest BCUT2D eigenvalue weighted by Gasteiger charge is -2.22. The van der Waals surface area contributed by atoms with Crippen LogP contribution in [0.5, 0.6) is 5.75 Å². The van der Waals surface area contributed by atoms with Crippen molar-refractivity contribution in [1.82, 2.24) is 0 Å². The predicted molar refractivity (Wildman–Crippen MR) is 68.6 cm³/mol. The third-order valence-corrected chi connectivity index (χ3v) is 3.50. The normalized spacial score (nSPS) is 19.3. The highest BCUT2D eigenvalue weighted by Gasteiger charge is 2.27. The third kappa shape index (κ3) is 3.28. The summed E-state index contributed by atoms with van der Waals surface area (Å²) in [5, 5.41) is 10.9. The number of ether oxygens (including phenoxy) is 1. The van der Waals surface area contributed by atoms with Crippen LogP contribution >= 0.6 is 15.9 Å². The van der Waals surface area contributed by atoms with E-state index in [4.69, 9.17) is 4.74 Å². The van der Waals surface area contributed by atoms with Crippen LogP contribution in [0.15, 0.2) is 16.6 Å². The van der Waals surface area contributed by atoms with Gasteiger partial charge in [0.25, 0.3) is 0 Å². The molecule has 19 heavy (non-hydrogen) atoms. The molecule has 0 amide bonds. The molecule has 0 heterocycles. The van der Waals surface area contributed by atoms with Crippen molar-refractivity contribution in [3.63, 3.8) is 0 Å². The summed E-state index contributed by atoms with van der Waals surface area (Å²) in [5.41, 5.74) is -0.440. The number of hydrogen-bond acceptors (Lipinski definition) is 4. The van der Waals surface area contributed by atoms with Gasteiger partial charge in [0, 0.05) is 12.8 Å². The molecule has 1 aromatic carbocycles. The standard InChI is InChI=1S/C12H11BrFNO4/c13-10-4-7(14)5-11(15(17)18)12(10)19-9-3-1-2-8(16)6-9/h4-5,9H,1-3,6H2. The molecule has 102 valence electrons. The van der Waals surface area contributed by atoms with E-state index in [2.05, 4.69) is 15.9 Å². The fourth-order valence-corrected chi connectivity index (χ4v) is 2.57. The number of nitro benzene ring substituents is 1. The number of nitrogens with zero attached hydrogens (tertiary/aromatic N) is 1. The van der Waals surface area contributed by atoms with Crippen molar-refractivity contribution < 1.29 is 18.8 Å². The molecule has 1 aliphatic carbocycles. The van der Waals surface area contributed by atoms with Gasteiger partial charge in [-0.25, -0.2) is 4.39 Å². The molecule has 1 atom stereocenters. The number of hydrogen-bond donors (Lipinski definition) is 0. The van der Waals surface area contributed by atoms with Crippen molar-refractivity contribution in [1.29, 1.82) is 0 Å². The molecule has 0 aliphatic heterocycles. The molecule has 0 bridgehead atoms. The molecule has 1 saturated carbocycles. The van der Waals surface area contributed by atoms with Crippen molar-refractivity contribution in [2.24, 2.45) is 0 Å². The highest BCUT2D eigenvalue weighted by molar-refractivity contribution is 9.10. The van der Waals surface area contributed by atoms with Crippen LogP contribution < -0.4 is 4.74 Å². The van der Waals surface area contributed by atoms with Gasteiger partial charge in [0.05, 0.1) is 15.5 Å². The highest BCUT2D eigenvalue weighted by Crippen LogP contribution is 2.37. The largest absolute Gasteiger partial charge is 0.482 e. The van der Waals surface area contributed by atoms with Crippen LogP contribution in [0.3, 0.4) is 0 Å². The maximum atomic E-state index is 13.2. The van der Waals surface area contributed by atoms with E-state index in [1.54, 1.807) is 0 Å². The van der Waals surface area contributed by atoms with Crippen molar-refractivity contribution in [3.05, 3.63) is 32.5 Å². The zero-order valence-corrected chi connectivity index (χ0v) is 11.5. The molecule has 1 aromatic rings. The highest BCUT2D eigenvalue weighted by atomic mass is 79.9. The minimum atomic E-state index is -0.717. The quantitative estimate of drug-likeness (QED) is 0.628. The Morgan fingerprint density at radius 3 is 2.84 bits per heavy atom. The van der Waals surface area contributed by atoms with Crippen LogP contribution in [-0.4, -0.2) is 16.8 Å². The van der Waals surface area contributed by atoms with E-state index < -0.39 is 16.4 Å². The second-order valence-electron chi connectivity index (χ2n) is 4.37. The number of rotatable bonds is 3. The van der Waals surface area contributed by atoms with Gasteiger partial charge in [-0.05, 0) is 34.8 Å². The average molecular weight is 332 g/mol. The molecule has 2 rings (SSSR count). The minimum Gasteiger partial charge on any atom is -0.482 e. The Morgan fingerprint density at radius 1 is 1.47 bits per heavy atom. The zero-order chi connectivity index (χ0) is 14.0.